The number of hydrogen-bond acceptors (Lipinski definition) is 5. The Morgan fingerprint density at radius 2 is 1.84 bits per heavy atom. The molecule has 164 valence electrons. The molecule has 0 aliphatic carbocycles. The van der Waals surface area contributed by atoms with Crippen molar-refractivity contribution in [2.24, 2.45) is 0 Å². The molecule has 5 nitrogen and oxygen atoms in total. The zero-order valence-corrected chi connectivity index (χ0v) is 19.0. The molecule has 0 bridgehead atoms. The normalized spacial score (nSPS) is 10.7. The molecule has 1 heterocycles. The molecule has 0 saturated heterocycles. The van der Waals surface area contributed by atoms with Crippen molar-refractivity contribution in [1.29, 1.82) is 0 Å². The maximum atomic E-state index is 6.23. The Balaban J connectivity index is 1.47. The summed E-state index contributed by atoms with van der Waals surface area (Å²) < 4.78 is 17.3. The summed E-state index contributed by atoms with van der Waals surface area (Å²) in [5, 5.41) is 4.60. The highest BCUT2D eigenvalue weighted by Gasteiger charge is 2.09. The van der Waals surface area contributed by atoms with Crippen molar-refractivity contribution in [2.45, 2.75) is 26.5 Å². The Bertz CT molecular complexity index is 955. The third-order valence-electron chi connectivity index (χ3n) is 4.42. The van der Waals surface area contributed by atoms with E-state index in [1.165, 1.54) is 0 Å². The summed E-state index contributed by atoms with van der Waals surface area (Å²) in [6.45, 7) is 5.03. The average molecular weight is 461 g/mol. The van der Waals surface area contributed by atoms with Crippen LogP contribution >= 0.6 is 23.2 Å². The number of hydrogen-bond donors (Lipinski definition) is 1. The van der Waals surface area contributed by atoms with Gasteiger partial charge in [-0.2, -0.15) is 0 Å². The first-order valence-corrected chi connectivity index (χ1v) is 11.0. The van der Waals surface area contributed by atoms with Crippen molar-refractivity contribution in [3.05, 3.63) is 82.0 Å². The zero-order chi connectivity index (χ0) is 21.9. The first-order valence-electron chi connectivity index (χ1n) is 10.2. The van der Waals surface area contributed by atoms with Crippen LogP contribution in [0.25, 0.3) is 0 Å². The fourth-order valence-electron chi connectivity index (χ4n) is 2.88. The van der Waals surface area contributed by atoms with E-state index < -0.39 is 0 Å². The van der Waals surface area contributed by atoms with Gasteiger partial charge in [0, 0.05) is 34.4 Å². The third-order valence-corrected chi connectivity index (χ3v) is 5.01. The fraction of sp³-hybridized carbons (Fsp3) is 0.292. The average Bonchev–Trinajstić information content (AvgIpc) is 2.77. The Morgan fingerprint density at radius 3 is 2.61 bits per heavy atom. The molecule has 3 aromatic rings. The van der Waals surface area contributed by atoms with Crippen molar-refractivity contribution >= 4 is 23.2 Å². The van der Waals surface area contributed by atoms with Gasteiger partial charge in [-0.25, -0.2) is 4.98 Å². The van der Waals surface area contributed by atoms with Crippen LogP contribution < -0.4 is 19.5 Å². The van der Waals surface area contributed by atoms with E-state index in [9.17, 15) is 0 Å². The summed E-state index contributed by atoms with van der Waals surface area (Å²) in [4.78, 5) is 4.14. The molecule has 1 N–H and O–H groups in total. The van der Waals surface area contributed by atoms with E-state index in [-0.39, 0.29) is 0 Å². The quantitative estimate of drug-likeness (QED) is 0.339. The van der Waals surface area contributed by atoms with Crippen LogP contribution in [0.1, 0.15) is 24.5 Å². The van der Waals surface area contributed by atoms with Crippen molar-refractivity contribution in [3.63, 3.8) is 0 Å². The highest BCUT2D eigenvalue weighted by molar-refractivity contribution is 6.35. The van der Waals surface area contributed by atoms with Crippen molar-refractivity contribution in [2.75, 3.05) is 19.8 Å². The van der Waals surface area contributed by atoms with Gasteiger partial charge in [0.05, 0.1) is 13.2 Å². The molecule has 0 spiro atoms. The first kappa shape index (κ1) is 23.2. The lowest BCUT2D eigenvalue weighted by Crippen LogP contribution is -2.17. The van der Waals surface area contributed by atoms with Crippen LogP contribution in [0.5, 0.6) is 17.4 Å². The van der Waals surface area contributed by atoms with Crippen LogP contribution in [0.2, 0.25) is 10.0 Å². The Hall–Kier alpha value is -2.47. The molecule has 0 atom stereocenters. The van der Waals surface area contributed by atoms with Gasteiger partial charge in [-0.3, -0.25) is 0 Å². The van der Waals surface area contributed by atoms with E-state index in [2.05, 4.69) is 10.3 Å². The number of rotatable bonds is 12. The molecular formula is C24H26Cl2N2O3. The third kappa shape index (κ3) is 7.62. The number of benzene rings is 2. The van der Waals surface area contributed by atoms with E-state index in [1.54, 1.807) is 18.3 Å². The summed E-state index contributed by atoms with van der Waals surface area (Å²) in [5.74, 6) is 2.05. The van der Waals surface area contributed by atoms with E-state index >= 15 is 0 Å². The van der Waals surface area contributed by atoms with Crippen LogP contribution in [0.4, 0.5) is 0 Å². The molecule has 0 saturated carbocycles. The van der Waals surface area contributed by atoms with Crippen molar-refractivity contribution < 1.29 is 14.2 Å². The van der Waals surface area contributed by atoms with Crippen LogP contribution in [0.15, 0.2) is 60.8 Å². The first-order chi connectivity index (χ1) is 15.2. The minimum Gasteiger partial charge on any atom is -0.490 e. The topological polar surface area (TPSA) is 52.6 Å². The van der Waals surface area contributed by atoms with Gasteiger partial charge in [0.1, 0.15) is 6.61 Å². The van der Waals surface area contributed by atoms with E-state index in [0.29, 0.717) is 47.2 Å². The fourth-order valence-corrected chi connectivity index (χ4v) is 3.35. The van der Waals surface area contributed by atoms with Crippen LogP contribution in [-0.2, 0) is 13.2 Å². The number of pyridine rings is 1. The van der Waals surface area contributed by atoms with Gasteiger partial charge in [-0.1, -0.05) is 41.4 Å². The molecular weight excluding hydrogens is 435 g/mol. The SMILES string of the molecule is CCOc1cc(CNCCCOc2ccccn2)ccc1OCc1ccc(Cl)cc1Cl. The van der Waals surface area contributed by atoms with Gasteiger partial charge in [-0.05, 0) is 55.8 Å². The van der Waals surface area contributed by atoms with Gasteiger partial charge in [0.15, 0.2) is 11.5 Å². The molecule has 31 heavy (non-hydrogen) atoms. The maximum Gasteiger partial charge on any atom is 0.213 e. The van der Waals surface area contributed by atoms with Crippen molar-refractivity contribution in [3.8, 4) is 17.4 Å². The smallest absolute Gasteiger partial charge is 0.213 e. The second kappa shape index (κ2) is 12.4. The van der Waals surface area contributed by atoms with Crippen LogP contribution in [0, 0.1) is 0 Å². The lowest BCUT2D eigenvalue weighted by molar-refractivity contribution is 0.269. The molecule has 7 heteroatoms. The van der Waals surface area contributed by atoms with Gasteiger partial charge in [0.2, 0.25) is 5.88 Å². The van der Waals surface area contributed by atoms with Crippen LogP contribution in [0.3, 0.4) is 0 Å². The zero-order valence-electron chi connectivity index (χ0n) is 17.4. The predicted molar refractivity (Wildman–Crippen MR) is 124 cm³/mol. The number of nitrogens with one attached hydrogen (secondary N) is 1. The molecule has 0 fully saturated rings. The molecule has 3 rings (SSSR count). The lowest BCUT2D eigenvalue weighted by Gasteiger charge is -2.14. The number of nitrogens with zero attached hydrogens (tertiary/aromatic N) is 1. The van der Waals surface area contributed by atoms with E-state index in [1.807, 2.05) is 49.4 Å². The van der Waals surface area contributed by atoms with Gasteiger partial charge >= 0.3 is 0 Å². The lowest BCUT2D eigenvalue weighted by atomic mass is 10.2. The van der Waals surface area contributed by atoms with E-state index in [0.717, 1.165) is 30.6 Å². The van der Waals surface area contributed by atoms with Crippen molar-refractivity contribution in [1.82, 2.24) is 10.3 Å². The largest absolute Gasteiger partial charge is 0.490 e. The van der Waals surface area contributed by atoms with E-state index in [4.69, 9.17) is 37.4 Å². The number of halogens is 2. The number of ether oxygens (including phenoxy) is 3. The molecule has 1 aromatic heterocycles. The van der Waals surface area contributed by atoms with Gasteiger partial charge in [-0.15, -0.1) is 0 Å². The molecule has 0 aliphatic heterocycles. The second-order valence-electron chi connectivity index (χ2n) is 6.79. The summed E-state index contributed by atoms with van der Waals surface area (Å²) in [5.41, 5.74) is 1.98. The molecule has 2 aromatic carbocycles. The number of aromatic nitrogens is 1. The molecule has 0 aliphatic rings. The van der Waals surface area contributed by atoms with Crippen LogP contribution in [-0.4, -0.2) is 24.7 Å². The summed E-state index contributed by atoms with van der Waals surface area (Å²) in [6, 6.07) is 17.0. The Kier molecular flexibility index (Phi) is 9.28. The monoisotopic (exact) mass is 460 g/mol. The maximum absolute atomic E-state index is 6.23. The molecule has 0 radical (unpaired) electrons. The Labute approximate surface area is 193 Å². The summed E-state index contributed by atoms with van der Waals surface area (Å²) in [6.07, 6.45) is 2.61. The highest BCUT2D eigenvalue weighted by atomic mass is 35.5. The molecule has 0 amide bonds. The highest BCUT2D eigenvalue weighted by Crippen LogP contribution is 2.30. The summed E-state index contributed by atoms with van der Waals surface area (Å²) in [7, 11) is 0. The second-order valence-corrected chi connectivity index (χ2v) is 7.63. The summed E-state index contributed by atoms with van der Waals surface area (Å²) >= 11 is 12.2. The Morgan fingerprint density at radius 1 is 0.935 bits per heavy atom. The van der Waals surface area contributed by atoms with Gasteiger partial charge < -0.3 is 19.5 Å². The standard InChI is InChI=1S/C24H26Cl2N2O3/c1-2-29-23-14-18(16-27-11-5-13-30-24-6-3-4-12-28-24)7-10-22(23)31-17-19-8-9-20(25)15-21(19)26/h3-4,6-10,12,14-15,27H,2,5,11,13,16-17H2,1H3. The van der Waals surface area contributed by atoms with Gasteiger partial charge in [0.25, 0.3) is 0 Å². The minimum absolute atomic E-state index is 0.337. The minimum atomic E-state index is 0.337. The molecule has 0 unspecified atom stereocenters. The predicted octanol–water partition coefficient (Wildman–Crippen LogP) is 5.92.